The van der Waals surface area contributed by atoms with Crippen LogP contribution in [0, 0.1) is 0 Å². The van der Waals surface area contributed by atoms with E-state index in [9.17, 15) is 4.79 Å². The molecule has 1 N–H and O–H groups in total. The molecule has 0 aliphatic carbocycles. The van der Waals surface area contributed by atoms with E-state index in [1.54, 1.807) is 12.1 Å². The monoisotopic (exact) mass is 316 g/mol. The van der Waals surface area contributed by atoms with Crippen LogP contribution in [-0.4, -0.2) is 11.1 Å². The summed E-state index contributed by atoms with van der Waals surface area (Å²) >= 11 is 17.6. The smallest absolute Gasteiger partial charge is 0.339 e. The number of halogens is 3. The Morgan fingerprint density at radius 2 is 1.53 bits per heavy atom. The number of carboxylic acid groups (broad SMARTS) is 1. The lowest BCUT2D eigenvalue weighted by atomic mass is 10.2. The molecule has 0 amide bonds. The van der Waals surface area contributed by atoms with Gasteiger partial charge in [0, 0.05) is 22.2 Å². The standard InChI is InChI=1S/C13H7Cl3O3/c14-7-1-3-9(13(17)18)11(5-7)19-12-6-8(15)2-4-10(12)16/h1-6H,(H,17,18). The molecule has 6 heteroatoms. The molecule has 0 bridgehead atoms. The molecule has 0 spiro atoms. The largest absolute Gasteiger partial charge is 0.478 e. The lowest BCUT2D eigenvalue weighted by Gasteiger charge is -2.10. The van der Waals surface area contributed by atoms with E-state index in [1.165, 1.54) is 24.3 Å². The van der Waals surface area contributed by atoms with Crippen LogP contribution >= 0.6 is 34.8 Å². The van der Waals surface area contributed by atoms with Gasteiger partial charge < -0.3 is 9.84 Å². The molecule has 0 heterocycles. The van der Waals surface area contributed by atoms with Crippen molar-refractivity contribution in [3.05, 3.63) is 57.0 Å². The fraction of sp³-hybridized carbons (Fsp3) is 0. The van der Waals surface area contributed by atoms with Gasteiger partial charge in [0.05, 0.1) is 5.02 Å². The van der Waals surface area contributed by atoms with Gasteiger partial charge in [-0.25, -0.2) is 4.79 Å². The maximum Gasteiger partial charge on any atom is 0.339 e. The van der Waals surface area contributed by atoms with E-state index >= 15 is 0 Å². The summed E-state index contributed by atoms with van der Waals surface area (Å²) < 4.78 is 5.48. The molecule has 98 valence electrons. The van der Waals surface area contributed by atoms with E-state index in [0.717, 1.165) is 0 Å². The zero-order valence-corrected chi connectivity index (χ0v) is 11.6. The van der Waals surface area contributed by atoms with Crippen LogP contribution in [0.3, 0.4) is 0 Å². The van der Waals surface area contributed by atoms with Crippen LogP contribution in [0.15, 0.2) is 36.4 Å². The number of carbonyl (C=O) groups is 1. The number of hydrogen-bond donors (Lipinski definition) is 1. The molecule has 19 heavy (non-hydrogen) atoms. The maximum absolute atomic E-state index is 11.1. The van der Waals surface area contributed by atoms with Gasteiger partial charge >= 0.3 is 5.97 Å². The number of hydrogen-bond acceptors (Lipinski definition) is 2. The zero-order valence-electron chi connectivity index (χ0n) is 9.36. The van der Waals surface area contributed by atoms with Gasteiger partial charge in [-0.15, -0.1) is 0 Å². The number of ether oxygens (including phenoxy) is 1. The minimum Gasteiger partial charge on any atom is -0.478 e. The average Bonchev–Trinajstić information content (AvgIpc) is 2.33. The van der Waals surface area contributed by atoms with Crippen molar-refractivity contribution in [3.8, 4) is 11.5 Å². The first-order chi connectivity index (χ1) is 8.97. The number of carboxylic acids is 1. The van der Waals surface area contributed by atoms with E-state index < -0.39 is 5.97 Å². The summed E-state index contributed by atoms with van der Waals surface area (Å²) in [6.07, 6.45) is 0. The summed E-state index contributed by atoms with van der Waals surface area (Å²) in [5.41, 5.74) is -0.0135. The molecule has 0 aromatic heterocycles. The Balaban J connectivity index is 2.45. The predicted octanol–water partition coefficient (Wildman–Crippen LogP) is 5.14. The average molecular weight is 318 g/mol. The second kappa shape index (κ2) is 5.70. The Morgan fingerprint density at radius 3 is 2.16 bits per heavy atom. The molecule has 2 rings (SSSR count). The van der Waals surface area contributed by atoms with Crippen LogP contribution in [-0.2, 0) is 0 Å². The van der Waals surface area contributed by atoms with Crippen molar-refractivity contribution in [3.63, 3.8) is 0 Å². The molecule has 0 unspecified atom stereocenters. The summed E-state index contributed by atoms with van der Waals surface area (Å²) in [4.78, 5) is 11.1. The van der Waals surface area contributed by atoms with Crippen LogP contribution in [0.2, 0.25) is 15.1 Å². The third kappa shape index (κ3) is 3.32. The van der Waals surface area contributed by atoms with E-state index in [1.807, 2.05) is 0 Å². The number of benzene rings is 2. The first kappa shape index (κ1) is 14.0. The van der Waals surface area contributed by atoms with Crippen molar-refractivity contribution in [2.24, 2.45) is 0 Å². The predicted molar refractivity (Wildman–Crippen MR) is 74.9 cm³/mol. The first-order valence-corrected chi connectivity index (χ1v) is 6.26. The number of rotatable bonds is 3. The fourth-order valence-electron chi connectivity index (χ4n) is 1.43. The minimum atomic E-state index is -1.12. The summed E-state index contributed by atoms with van der Waals surface area (Å²) in [6, 6.07) is 8.89. The molecule has 0 radical (unpaired) electrons. The molecule has 2 aromatic rings. The Bertz CT molecular complexity index is 641. The van der Waals surface area contributed by atoms with Gasteiger partial charge in [-0.1, -0.05) is 34.8 Å². The second-order valence-electron chi connectivity index (χ2n) is 3.62. The molecular formula is C13H7Cl3O3. The van der Waals surface area contributed by atoms with Gasteiger partial charge in [-0.2, -0.15) is 0 Å². The van der Waals surface area contributed by atoms with E-state index in [-0.39, 0.29) is 17.1 Å². The van der Waals surface area contributed by atoms with Gasteiger partial charge in [-0.05, 0) is 24.3 Å². The SMILES string of the molecule is O=C(O)c1ccc(Cl)cc1Oc1cc(Cl)ccc1Cl. The van der Waals surface area contributed by atoms with Crippen molar-refractivity contribution in [1.29, 1.82) is 0 Å². The van der Waals surface area contributed by atoms with Crippen molar-refractivity contribution < 1.29 is 14.6 Å². The second-order valence-corrected chi connectivity index (χ2v) is 4.90. The van der Waals surface area contributed by atoms with Gasteiger partial charge in [0.1, 0.15) is 17.1 Å². The van der Waals surface area contributed by atoms with Crippen LogP contribution in [0.5, 0.6) is 11.5 Å². The van der Waals surface area contributed by atoms with Crippen molar-refractivity contribution in [2.75, 3.05) is 0 Å². The highest BCUT2D eigenvalue weighted by Gasteiger charge is 2.14. The zero-order chi connectivity index (χ0) is 14.0. The van der Waals surface area contributed by atoms with Gasteiger partial charge in [0.15, 0.2) is 0 Å². The molecule has 0 atom stereocenters. The van der Waals surface area contributed by atoms with Crippen molar-refractivity contribution in [1.82, 2.24) is 0 Å². The van der Waals surface area contributed by atoms with E-state index in [0.29, 0.717) is 15.1 Å². The Hall–Kier alpha value is -1.42. The topological polar surface area (TPSA) is 46.5 Å². The van der Waals surface area contributed by atoms with Crippen LogP contribution < -0.4 is 4.74 Å². The van der Waals surface area contributed by atoms with Crippen LogP contribution in [0.4, 0.5) is 0 Å². The summed E-state index contributed by atoms with van der Waals surface area (Å²) in [5.74, 6) is -0.757. The molecule has 0 saturated heterocycles. The third-order valence-electron chi connectivity index (χ3n) is 2.29. The van der Waals surface area contributed by atoms with Gasteiger partial charge in [0.25, 0.3) is 0 Å². The van der Waals surface area contributed by atoms with Crippen molar-refractivity contribution >= 4 is 40.8 Å². The highest BCUT2D eigenvalue weighted by Crippen LogP contribution is 2.34. The Morgan fingerprint density at radius 1 is 0.947 bits per heavy atom. The number of aromatic carboxylic acids is 1. The maximum atomic E-state index is 11.1. The van der Waals surface area contributed by atoms with Gasteiger partial charge in [0.2, 0.25) is 0 Å². The van der Waals surface area contributed by atoms with Gasteiger partial charge in [-0.3, -0.25) is 0 Å². The molecule has 0 aliphatic rings. The highest BCUT2D eigenvalue weighted by molar-refractivity contribution is 6.34. The minimum absolute atomic E-state index is 0.0135. The molecule has 2 aromatic carbocycles. The molecule has 0 fully saturated rings. The quantitative estimate of drug-likeness (QED) is 0.853. The lowest BCUT2D eigenvalue weighted by Crippen LogP contribution is -2.00. The first-order valence-electron chi connectivity index (χ1n) is 5.13. The summed E-state index contributed by atoms with van der Waals surface area (Å²) in [5, 5.41) is 10.2. The van der Waals surface area contributed by atoms with E-state index in [4.69, 9.17) is 44.6 Å². The highest BCUT2D eigenvalue weighted by atomic mass is 35.5. The summed E-state index contributed by atoms with van der Waals surface area (Å²) in [7, 11) is 0. The van der Waals surface area contributed by atoms with Crippen LogP contribution in [0.1, 0.15) is 10.4 Å². The lowest BCUT2D eigenvalue weighted by molar-refractivity contribution is 0.0694. The molecule has 0 saturated carbocycles. The molecular weight excluding hydrogens is 310 g/mol. The third-order valence-corrected chi connectivity index (χ3v) is 3.07. The Kier molecular flexibility index (Phi) is 4.20. The van der Waals surface area contributed by atoms with Crippen molar-refractivity contribution in [2.45, 2.75) is 0 Å². The van der Waals surface area contributed by atoms with Crippen LogP contribution in [0.25, 0.3) is 0 Å². The van der Waals surface area contributed by atoms with E-state index in [2.05, 4.69) is 0 Å². The molecule has 3 nitrogen and oxygen atoms in total. The summed E-state index contributed by atoms with van der Waals surface area (Å²) in [6.45, 7) is 0. The fourth-order valence-corrected chi connectivity index (χ4v) is 1.91. The Labute approximate surface area is 124 Å². The molecule has 0 aliphatic heterocycles. The normalized spacial score (nSPS) is 10.3.